The van der Waals surface area contributed by atoms with Crippen LogP contribution in [0.5, 0.6) is 0 Å². The van der Waals surface area contributed by atoms with Crippen molar-refractivity contribution in [2.45, 2.75) is 57.1 Å². The highest BCUT2D eigenvalue weighted by Crippen LogP contribution is 2.32. The van der Waals surface area contributed by atoms with Gasteiger partial charge in [-0.3, -0.25) is 0 Å². The van der Waals surface area contributed by atoms with Gasteiger partial charge in [-0.25, -0.2) is 4.79 Å². The Morgan fingerprint density at radius 1 is 1.53 bits per heavy atom. The Hall–Kier alpha value is -0.610. The van der Waals surface area contributed by atoms with Crippen molar-refractivity contribution in [2.75, 3.05) is 0 Å². The predicted octanol–water partition coefficient (Wildman–Crippen LogP) is 1.12. The zero-order valence-electron chi connectivity index (χ0n) is 9.28. The summed E-state index contributed by atoms with van der Waals surface area (Å²) in [6.07, 6.45) is 3.85. The van der Waals surface area contributed by atoms with Gasteiger partial charge in [0.25, 0.3) is 0 Å². The zero-order chi connectivity index (χ0) is 11.5. The third kappa shape index (κ3) is 2.92. The van der Waals surface area contributed by atoms with Gasteiger partial charge in [0, 0.05) is 0 Å². The molecule has 1 rings (SSSR count). The average molecular weight is 215 g/mol. The lowest BCUT2D eigenvalue weighted by atomic mass is 9.85. The highest BCUT2D eigenvalue weighted by Gasteiger charge is 2.39. The fourth-order valence-corrected chi connectivity index (χ4v) is 2.39. The SMILES string of the molecule is CCC1CCCC(N)(C(O)C(=O)O)CC1. The lowest BCUT2D eigenvalue weighted by molar-refractivity contribution is -0.150. The molecule has 88 valence electrons. The van der Waals surface area contributed by atoms with Crippen LogP contribution in [0, 0.1) is 5.92 Å². The van der Waals surface area contributed by atoms with Gasteiger partial charge in [0.1, 0.15) is 0 Å². The fourth-order valence-electron chi connectivity index (χ4n) is 2.39. The molecule has 0 aromatic heterocycles. The molecule has 1 saturated carbocycles. The lowest BCUT2D eigenvalue weighted by Gasteiger charge is -2.30. The molecule has 3 unspecified atom stereocenters. The number of carboxylic acids is 1. The number of hydrogen-bond donors (Lipinski definition) is 3. The Morgan fingerprint density at radius 2 is 2.20 bits per heavy atom. The van der Waals surface area contributed by atoms with Crippen LogP contribution in [0.3, 0.4) is 0 Å². The number of hydrogen-bond acceptors (Lipinski definition) is 3. The van der Waals surface area contributed by atoms with Gasteiger partial charge >= 0.3 is 5.97 Å². The van der Waals surface area contributed by atoms with Crippen LogP contribution in [0.15, 0.2) is 0 Å². The van der Waals surface area contributed by atoms with E-state index in [9.17, 15) is 9.90 Å². The van der Waals surface area contributed by atoms with Crippen LogP contribution < -0.4 is 5.73 Å². The van der Waals surface area contributed by atoms with E-state index < -0.39 is 17.6 Å². The molecular formula is C11H21NO3. The maximum Gasteiger partial charge on any atom is 0.334 e. The minimum atomic E-state index is -1.42. The Labute approximate surface area is 90.5 Å². The summed E-state index contributed by atoms with van der Waals surface area (Å²) in [6, 6.07) is 0. The maximum absolute atomic E-state index is 10.7. The van der Waals surface area contributed by atoms with E-state index in [-0.39, 0.29) is 0 Å². The molecule has 0 radical (unpaired) electrons. The van der Waals surface area contributed by atoms with Crippen molar-refractivity contribution in [1.29, 1.82) is 0 Å². The molecular weight excluding hydrogens is 194 g/mol. The van der Waals surface area contributed by atoms with Crippen molar-refractivity contribution >= 4 is 5.97 Å². The lowest BCUT2D eigenvalue weighted by Crippen LogP contribution is -2.54. The molecule has 1 fully saturated rings. The molecule has 1 aliphatic rings. The van der Waals surface area contributed by atoms with E-state index in [1.54, 1.807) is 0 Å². The largest absolute Gasteiger partial charge is 0.479 e. The smallest absolute Gasteiger partial charge is 0.334 e. The van der Waals surface area contributed by atoms with E-state index in [0.29, 0.717) is 18.8 Å². The average Bonchev–Trinajstić information content (AvgIpc) is 2.40. The summed E-state index contributed by atoms with van der Waals surface area (Å²) in [4.78, 5) is 10.7. The van der Waals surface area contributed by atoms with Crippen molar-refractivity contribution in [2.24, 2.45) is 11.7 Å². The number of rotatable bonds is 3. The van der Waals surface area contributed by atoms with E-state index in [0.717, 1.165) is 25.7 Å². The summed E-state index contributed by atoms with van der Waals surface area (Å²) in [6.45, 7) is 2.14. The normalized spacial score (nSPS) is 34.5. The van der Waals surface area contributed by atoms with Crippen molar-refractivity contribution in [3.8, 4) is 0 Å². The quantitative estimate of drug-likeness (QED) is 0.616. The van der Waals surface area contributed by atoms with Crippen LogP contribution in [0.4, 0.5) is 0 Å². The van der Waals surface area contributed by atoms with E-state index in [1.807, 2.05) is 0 Å². The van der Waals surface area contributed by atoms with Crippen LogP contribution in [0.1, 0.15) is 45.4 Å². The molecule has 0 aromatic carbocycles. The highest BCUT2D eigenvalue weighted by molar-refractivity contribution is 5.73. The second-order valence-corrected chi connectivity index (χ2v) is 4.68. The molecule has 0 heterocycles. The number of aliphatic carboxylic acids is 1. The van der Waals surface area contributed by atoms with Crippen LogP contribution in [-0.4, -0.2) is 27.8 Å². The van der Waals surface area contributed by atoms with E-state index >= 15 is 0 Å². The number of aliphatic hydroxyl groups excluding tert-OH is 1. The Morgan fingerprint density at radius 3 is 2.73 bits per heavy atom. The Kier molecular flexibility index (Phi) is 4.11. The molecule has 0 amide bonds. The third-order valence-corrected chi connectivity index (χ3v) is 3.63. The molecule has 4 heteroatoms. The standard InChI is InChI=1S/C11H21NO3/c1-2-8-4-3-6-11(12,7-5-8)9(13)10(14)15/h8-9,13H,2-7,12H2,1H3,(H,14,15). The Bertz CT molecular complexity index is 232. The van der Waals surface area contributed by atoms with Gasteiger partial charge in [-0.1, -0.05) is 26.2 Å². The summed E-state index contributed by atoms with van der Waals surface area (Å²) >= 11 is 0. The van der Waals surface area contributed by atoms with E-state index in [1.165, 1.54) is 0 Å². The van der Waals surface area contributed by atoms with Crippen LogP contribution >= 0.6 is 0 Å². The first-order valence-corrected chi connectivity index (χ1v) is 5.69. The number of carboxylic acid groups (broad SMARTS) is 1. The molecule has 0 saturated heterocycles. The number of carbonyl (C=O) groups is 1. The monoisotopic (exact) mass is 215 g/mol. The number of nitrogens with two attached hydrogens (primary N) is 1. The van der Waals surface area contributed by atoms with Gasteiger partial charge in [-0.2, -0.15) is 0 Å². The summed E-state index contributed by atoms with van der Waals surface area (Å²) in [5, 5.41) is 18.4. The van der Waals surface area contributed by atoms with Gasteiger partial charge < -0.3 is 15.9 Å². The summed E-state index contributed by atoms with van der Waals surface area (Å²) < 4.78 is 0. The van der Waals surface area contributed by atoms with Gasteiger partial charge in [0.15, 0.2) is 6.10 Å². The summed E-state index contributed by atoms with van der Waals surface area (Å²) in [7, 11) is 0. The number of aliphatic hydroxyl groups is 1. The first-order valence-electron chi connectivity index (χ1n) is 5.69. The molecule has 4 N–H and O–H groups in total. The van der Waals surface area contributed by atoms with Crippen molar-refractivity contribution < 1.29 is 15.0 Å². The molecule has 1 aliphatic carbocycles. The predicted molar refractivity (Wildman–Crippen MR) is 57.4 cm³/mol. The van der Waals surface area contributed by atoms with Crippen LogP contribution in [0.25, 0.3) is 0 Å². The fraction of sp³-hybridized carbons (Fsp3) is 0.909. The minimum Gasteiger partial charge on any atom is -0.479 e. The van der Waals surface area contributed by atoms with E-state index in [4.69, 9.17) is 10.8 Å². The second kappa shape index (κ2) is 4.94. The molecule has 0 aliphatic heterocycles. The first-order chi connectivity index (χ1) is 6.99. The molecule has 15 heavy (non-hydrogen) atoms. The first kappa shape index (κ1) is 12.5. The topological polar surface area (TPSA) is 83.5 Å². The van der Waals surface area contributed by atoms with E-state index in [2.05, 4.69) is 6.92 Å². The molecule has 0 bridgehead atoms. The van der Waals surface area contributed by atoms with Crippen LogP contribution in [0.2, 0.25) is 0 Å². The van der Waals surface area contributed by atoms with Gasteiger partial charge in [0.05, 0.1) is 5.54 Å². The zero-order valence-corrected chi connectivity index (χ0v) is 9.28. The van der Waals surface area contributed by atoms with Crippen LogP contribution in [-0.2, 0) is 4.79 Å². The van der Waals surface area contributed by atoms with Gasteiger partial charge in [-0.15, -0.1) is 0 Å². The van der Waals surface area contributed by atoms with Gasteiger partial charge in [0.2, 0.25) is 0 Å². The molecule has 0 spiro atoms. The maximum atomic E-state index is 10.7. The summed E-state index contributed by atoms with van der Waals surface area (Å²) in [5.41, 5.74) is 5.07. The molecule has 0 aromatic rings. The van der Waals surface area contributed by atoms with Crippen molar-refractivity contribution in [1.82, 2.24) is 0 Å². The Balaban J connectivity index is 2.65. The molecule has 4 nitrogen and oxygen atoms in total. The summed E-state index contributed by atoms with van der Waals surface area (Å²) in [5.74, 6) is -0.566. The van der Waals surface area contributed by atoms with Gasteiger partial charge in [-0.05, 0) is 25.2 Å². The van der Waals surface area contributed by atoms with Crippen molar-refractivity contribution in [3.63, 3.8) is 0 Å². The third-order valence-electron chi connectivity index (χ3n) is 3.63. The second-order valence-electron chi connectivity index (χ2n) is 4.68. The van der Waals surface area contributed by atoms with Crippen molar-refractivity contribution in [3.05, 3.63) is 0 Å². The minimum absolute atomic E-state index is 0.608. The molecule has 3 atom stereocenters. The highest BCUT2D eigenvalue weighted by atomic mass is 16.4.